The highest BCUT2D eigenvalue weighted by Crippen LogP contribution is 2.37. The van der Waals surface area contributed by atoms with E-state index in [1.54, 1.807) is 23.1 Å². The first-order chi connectivity index (χ1) is 9.24. The van der Waals surface area contributed by atoms with Crippen molar-refractivity contribution in [2.45, 2.75) is 29.5 Å². The average molecular weight is 289 g/mol. The summed E-state index contributed by atoms with van der Waals surface area (Å²) < 4.78 is 0. The van der Waals surface area contributed by atoms with Crippen molar-refractivity contribution in [2.24, 2.45) is 0 Å². The van der Waals surface area contributed by atoms with Gasteiger partial charge < -0.3 is 5.32 Å². The van der Waals surface area contributed by atoms with Crippen molar-refractivity contribution >= 4 is 29.0 Å². The molecule has 19 heavy (non-hydrogen) atoms. The number of nitrogens with one attached hydrogen (secondary N) is 1. The summed E-state index contributed by atoms with van der Waals surface area (Å²) in [6.07, 6.45) is 0.837. The third-order valence-corrected chi connectivity index (χ3v) is 5.64. The molecule has 4 heteroatoms. The van der Waals surface area contributed by atoms with Gasteiger partial charge >= 0.3 is 0 Å². The monoisotopic (exact) mass is 289 g/mol. The lowest BCUT2D eigenvalue weighted by atomic mass is 10.1. The van der Waals surface area contributed by atoms with E-state index in [-0.39, 0.29) is 17.2 Å². The van der Waals surface area contributed by atoms with Gasteiger partial charge in [-0.1, -0.05) is 24.3 Å². The standard InChI is InChI=1S/C15H15NOS2/c1-10(12-7-4-8-18-12)16-15(17)14-9-11-5-2-3-6-13(11)19-14/h2-8,10,14H,9H2,1H3,(H,16,17)/t10-,14+/m0/s1. The second-order valence-corrected chi connectivity index (χ2v) is 6.89. The van der Waals surface area contributed by atoms with E-state index in [1.165, 1.54) is 15.3 Å². The minimum Gasteiger partial charge on any atom is -0.348 e. The first-order valence-electron chi connectivity index (χ1n) is 6.32. The molecule has 98 valence electrons. The number of thioether (sulfide) groups is 1. The topological polar surface area (TPSA) is 29.1 Å². The molecule has 3 rings (SSSR count). The van der Waals surface area contributed by atoms with E-state index in [9.17, 15) is 4.79 Å². The maximum Gasteiger partial charge on any atom is 0.234 e. The third kappa shape index (κ3) is 2.69. The number of carbonyl (C=O) groups excluding carboxylic acids is 1. The van der Waals surface area contributed by atoms with Crippen LogP contribution in [0.3, 0.4) is 0 Å². The molecule has 1 aromatic heterocycles. The number of carbonyl (C=O) groups is 1. The van der Waals surface area contributed by atoms with E-state index in [1.807, 2.05) is 30.5 Å². The number of thiophene rings is 1. The Bertz CT molecular complexity index is 555. The Kier molecular flexibility index (Phi) is 3.62. The quantitative estimate of drug-likeness (QED) is 0.934. The Morgan fingerprint density at radius 3 is 2.89 bits per heavy atom. The van der Waals surface area contributed by atoms with Gasteiger partial charge in [-0.3, -0.25) is 4.79 Å². The molecule has 0 radical (unpaired) electrons. The Labute approximate surface area is 121 Å². The lowest BCUT2D eigenvalue weighted by Crippen LogP contribution is -2.34. The highest BCUT2D eigenvalue weighted by molar-refractivity contribution is 8.01. The van der Waals surface area contributed by atoms with E-state index in [2.05, 4.69) is 23.5 Å². The normalized spacial score (nSPS) is 18.9. The Morgan fingerprint density at radius 1 is 1.32 bits per heavy atom. The van der Waals surface area contributed by atoms with Gasteiger partial charge in [0.2, 0.25) is 5.91 Å². The second-order valence-electron chi connectivity index (χ2n) is 4.66. The van der Waals surface area contributed by atoms with Crippen molar-refractivity contribution in [3.63, 3.8) is 0 Å². The molecule has 0 spiro atoms. The summed E-state index contributed by atoms with van der Waals surface area (Å²) in [5.74, 6) is 0.141. The van der Waals surface area contributed by atoms with Crippen molar-refractivity contribution in [3.8, 4) is 0 Å². The predicted octanol–water partition coefficient (Wildman–Crippen LogP) is 3.64. The van der Waals surface area contributed by atoms with Gasteiger partial charge in [0.05, 0.1) is 11.3 Å². The third-order valence-electron chi connectivity index (χ3n) is 3.27. The van der Waals surface area contributed by atoms with Crippen LogP contribution in [-0.2, 0) is 11.2 Å². The molecule has 0 saturated heterocycles. The molecule has 0 fully saturated rings. The number of amides is 1. The van der Waals surface area contributed by atoms with Gasteiger partial charge in [-0.05, 0) is 36.4 Å². The molecular weight excluding hydrogens is 274 g/mol. The van der Waals surface area contributed by atoms with Crippen LogP contribution in [0.25, 0.3) is 0 Å². The largest absolute Gasteiger partial charge is 0.348 e. The summed E-state index contributed by atoms with van der Waals surface area (Å²) in [6, 6.07) is 12.4. The van der Waals surface area contributed by atoms with Gasteiger partial charge in [0.1, 0.15) is 0 Å². The minimum absolute atomic E-state index is 0.0137. The second kappa shape index (κ2) is 5.39. The van der Waals surface area contributed by atoms with E-state index in [0.717, 1.165) is 6.42 Å². The van der Waals surface area contributed by atoms with Crippen molar-refractivity contribution in [1.29, 1.82) is 0 Å². The summed E-state index contributed by atoms with van der Waals surface area (Å²) >= 11 is 3.36. The fourth-order valence-corrected chi connectivity index (χ4v) is 4.18. The molecular formula is C15H15NOS2. The predicted molar refractivity (Wildman–Crippen MR) is 80.7 cm³/mol. The molecule has 1 aliphatic heterocycles. The van der Waals surface area contributed by atoms with Crippen molar-refractivity contribution in [3.05, 3.63) is 52.2 Å². The molecule has 2 nitrogen and oxygen atoms in total. The SMILES string of the molecule is C[C@H](NC(=O)[C@H]1Cc2ccccc2S1)c1cccs1. The van der Waals surface area contributed by atoms with Gasteiger partial charge in [-0.25, -0.2) is 0 Å². The summed E-state index contributed by atoms with van der Waals surface area (Å²) in [4.78, 5) is 14.7. The van der Waals surface area contributed by atoms with Gasteiger partial charge in [0.25, 0.3) is 0 Å². The minimum atomic E-state index is 0.0137. The smallest absolute Gasteiger partial charge is 0.234 e. The average Bonchev–Trinajstić information content (AvgIpc) is 3.07. The van der Waals surface area contributed by atoms with E-state index >= 15 is 0 Å². The molecule has 1 amide bonds. The van der Waals surface area contributed by atoms with Crippen LogP contribution in [-0.4, -0.2) is 11.2 Å². The van der Waals surface area contributed by atoms with Crippen LogP contribution in [0.5, 0.6) is 0 Å². The molecule has 0 saturated carbocycles. The maximum absolute atomic E-state index is 12.3. The highest BCUT2D eigenvalue weighted by Gasteiger charge is 2.28. The summed E-state index contributed by atoms with van der Waals surface area (Å²) in [6.45, 7) is 2.04. The number of fused-ring (bicyclic) bond motifs is 1. The maximum atomic E-state index is 12.3. The van der Waals surface area contributed by atoms with Crippen LogP contribution in [0.4, 0.5) is 0 Å². The number of rotatable bonds is 3. The van der Waals surface area contributed by atoms with Gasteiger partial charge in [0.15, 0.2) is 0 Å². The number of hydrogen-bond acceptors (Lipinski definition) is 3. The van der Waals surface area contributed by atoms with Crippen molar-refractivity contribution < 1.29 is 4.79 Å². The van der Waals surface area contributed by atoms with Crippen LogP contribution >= 0.6 is 23.1 Å². The Balaban J connectivity index is 1.64. The van der Waals surface area contributed by atoms with E-state index < -0.39 is 0 Å². The van der Waals surface area contributed by atoms with Crippen molar-refractivity contribution in [1.82, 2.24) is 5.32 Å². The number of benzene rings is 1. The lowest BCUT2D eigenvalue weighted by molar-refractivity contribution is -0.121. The molecule has 1 aliphatic rings. The first-order valence-corrected chi connectivity index (χ1v) is 8.08. The fourth-order valence-electron chi connectivity index (χ4n) is 2.24. The van der Waals surface area contributed by atoms with Crippen LogP contribution in [0, 0.1) is 0 Å². The van der Waals surface area contributed by atoms with Crippen LogP contribution in [0.15, 0.2) is 46.7 Å². The number of hydrogen-bond donors (Lipinski definition) is 1. The molecule has 2 atom stereocenters. The lowest BCUT2D eigenvalue weighted by Gasteiger charge is -2.15. The highest BCUT2D eigenvalue weighted by atomic mass is 32.2. The molecule has 0 bridgehead atoms. The van der Waals surface area contributed by atoms with Crippen molar-refractivity contribution in [2.75, 3.05) is 0 Å². The Hall–Kier alpha value is -1.26. The van der Waals surface area contributed by atoms with Gasteiger partial charge in [-0.2, -0.15) is 0 Å². The molecule has 2 heterocycles. The van der Waals surface area contributed by atoms with Gasteiger partial charge in [-0.15, -0.1) is 23.1 Å². The summed E-state index contributed by atoms with van der Waals surface area (Å²) in [5, 5.41) is 5.16. The fraction of sp³-hybridized carbons (Fsp3) is 0.267. The van der Waals surface area contributed by atoms with E-state index in [4.69, 9.17) is 0 Å². The zero-order valence-electron chi connectivity index (χ0n) is 10.6. The van der Waals surface area contributed by atoms with Crippen LogP contribution in [0.1, 0.15) is 23.4 Å². The summed E-state index contributed by atoms with van der Waals surface area (Å²) in [5.41, 5.74) is 1.29. The van der Waals surface area contributed by atoms with E-state index in [0.29, 0.717) is 0 Å². The summed E-state index contributed by atoms with van der Waals surface area (Å²) in [7, 11) is 0. The van der Waals surface area contributed by atoms with Gasteiger partial charge in [0, 0.05) is 9.77 Å². The molecule has 0 aliphatic carbocycles. The molecule has 0 unspecified atom stereocenters. The molecule has 1 aromatic carbocycles. The van der Waals surface area contributed by atoms with Crippen LogP contribution < -0.4 is 5.32 Å². The first kappa shape index (κ1) is 12.8. The zero-order valence-corrected chi connectivity index (χ0v) is 12.3. The zero-order chi connectivity index (χ0) is 13.2. The molecule has 2 aromatic rings. The Morgan fingerprint density at radius 2 is 2.16 bits per heavy atom. The molecule has 1 N–H and O–H groups in total. The van der Waals surface area contributed by atoms with Crippen LogP contribution in [0.2, 0.25) is 0 Å².